The van der Waals surface area contributed by atoms with E-state index in [1.54, 1.807) is 18.3 Å². The van der Waals surface area contributed by atoms with E-state index in [4.69, 9.17) is 0 Å². The second-order valence-corrected chi connectivity index (χ2v) is 12.7. The number of nitrogens with one attached hydrogen (secondary N) is 1. The minimum Gasteiger partial charge on any atom is -0.337 e. The van der Waals surface area contributed by atoms with Crippen LogP contribution in [0.3, 0.4) is 0 Å². The van der Waals surface area contributed by atoms with E-state index >= 15 is 0 Å². The zero-order valence-electron chi connectivity index (χ0n) is 22.8. The molecule has 0 saturated heterocycles. The van der Waals surface area contributed by atoms with Gasteiger partial charge in [0.05, 0.1) is 11.4 Å². The Morgan fingerprint density at radius 1 is 1.07 bits per heavy atom. The van der Waals surface area contributed by atoms with Gasteiger partial charge in [-0.1, -0.05) is 54.1 Å². The van der Waals surface area contributed by atoms with Crippen molar-refractivity contribution >= 4 is 21.6 Å². The minimum atomic E-state index is -3.70. The van der Waals surface area contributed by atoms with Crippen LogP contribution in [0.2, 0.25) is 0 Å². The van der Waals surface area contributed by atoms with Crippen molar-refractivity contribution < 1.29 is 13.2 Å². The fraction of sp³-hybridized carbons (Fsp3) is 0.312. The predicted molar refractivity (Wildman–Crippen MR) is 155 cm³/mol. The van der Waals surface area contributed by atoms with Gasteiger partial charge in [0, 0.05) is 37.1 Å². The molecule has 2 aliphatic rings. The number of carbonyl (C=O) groups excluding carboxylic acids is 1. The number of aryl methyl sites for hydroxylation is 3. The van der Waals surface area contributed by atoms with E-state index in [1.807, 2.05) is 72.1 Å². The molecule has 4 aromatic rings. The lowest BCUT2D eigenvalue weighted by atomic mass is 9.87. The van der Waals surface area contributed by atoms with Gasteiger partial charge in [-0.25, -0.2) is 18.1 Å². The second kappa shape index (κ2) is 10.7. The lowest BCUT2D eigenvalue weighted by molar-refractivity contribution is -0.120. The van der Waals surface area contributed by atoms with Crippen LogP contribution >= 0.6 is 0 Å². The lowest BCUT2D eigenvalue weighted by Crippen LogP contribution is -2.34. The number of rotatable bonds is 8. The molecule has 40 heavy (non-hydrogen) atoms. The Balaban J connectivity index is 1.31. The van der Waals surface area contributed by atoms with Crippen molar-refractivity contribution in [3.8, 4) is 0 Å². The Labute approximate surface area is 235 Å². The zero-order chi connectivity index (χ0) is 27.9. The van der Waals surface area contributed by atoms with Gasteiger partial charge < -0.3 is 9.47 Å². The maximum atomic E-state index is 14.0. The molecular formula is C32H34N4O3S. The highest BCUT2D eigenvalue weighted by Crippen LogP contribution is 2.49. The summed E-state index contributed by atoms with van der Waals surface area (Å²) in [6.45, 7) is 2.28. The molecule has 206 valence electrons. The number of nitrogens with zero attached hydrogens (tertiary/aromatic N) is 3. The summed E-state index contributed by atoms with van der Waals surface area (Å²) in [4.78, 5) is 20.6. The van der Waals surface area contributed by atoms with Crippen LogP contribution in [0.25, 0.3) is 0 Å². The van der Waals surface area contributed by atoms with Crippen LogP contribution in [0, 0.1) is 12.8 Å². The summed E-state index contributed by atoms with van der Waals surface area (Å²) in [5.41, 5.74) is 5.02. The lowest BCUT2D eigenvalue weighted by Gasteiger charge is -2.29. The average molecular weight is 555 g/mol. The number of carbonyl (C=O) groups is 1. The number of sulfonamides is 1. The van der Waals surface area contributed by atoms with Crippen LogP contribution in [-0.4, -0.2) is 23.9 Å². The van der Waals surface area contributed by atoms with Crippen LogP contribution in [0.5, 0.6) is 0 Å². The highest BCUT2D eigenvalue weighted by molar-refractivity contribution is 7.89. The molecule has 6 rings (SSSR count). The van der Waals surface area contributed by atoms with Gasteiger partial charge in [0.1, 0.15) is 5.82 Å². The zero-order valence-corrected chi connectivity index (χ0v) is 23.6. The molecule has 0 spiro atoms. The number of fused-ring (bicyclic) bond motifs is 1. The highest BCUT2D eigenvalue weighted by Gasteiger charge is 2.46. The van der Waals surface area contributed by atoms with E-state index in [1.165, 1.54) is 5.56 Å². The van der Waals surface area contributed by atoms with E-state index in [0.717, 1.165) is 47.5 Å². The smallest absolute Gasteiger partial charge is 0.241 e. The number of amides is 1. The third kappa shape index (κ3) is 5.33. The number of hydrogen-bond acceptors (Lipinski definition) is 4. The monoisotopic (exact) mass is 554 g/mol. The Morgan fingerprint density at radius 2 is 1.85 bits per heavy atom. The van der Waals surface area contributed by atoms with Gasteiger partial charge in [0.25, 0.3) is 0 Å². The van der Waals surface area contributed by atoms with Gasteiger partial charge in [-0.2, -0.15) is 0 Å². The maximum absolute atomic E-state index is 14.0. The van der Waals surface area contributed by atoms with Crippen LogP contribution in [0.1, 0.15) is 59.3 Å². The van der Waals surface area contributed by atoms with Gasteiger partial charge in [0.15, 0.2) is 0 Å². The Bertz CT molecular complexity index is 1630. The molecule has 1 fully saturated rings. The molecule has 1 saturated carbocycles. The molecule has 3 atom stereocenters. The van der Waals surface area contributed by atoms with Crippen LogP contribution < -0.4 is 9.62 Å². The molecule has 0 aliphatic heterocycles. The number of imidazole rings is 1. The Morgan fingerprint density at radius 3 is 2.58 bits per heavy atom. The third-order valence-corrected chi connectivity index (χ3v) is 9.69. The summed E-state index contributed by atoms with van der Waals surface area (Å²) in [6, 6.07) is 22.8. The van der Waals surface area contributed by atoms with Crippen molar-refractivity contribution in [2.75, 3.05) is 4.90 Å². The first-order chi connectivity index (χ1) is 19.3. The van der Waals surface area contributed by atoms with Crippen molar-refractivity contribution in [2.45, 2.75) is 56.0 Å². The number of hydrogen-bond donors (Lipinski definition) is 1. The summed E-state index contributed by atoms with van der Waals surface area (Å²) in [7, 11) is -1.77. The van der Waals surface area contributed by atoms with Gasteiger partial charge in [-0.15, -0.1) is 0 Å². The standard InChI is InChI=1S/C32H34N4O3S/c1-22-11-15-26(16-12-22)40(38,39)34-30-10-6-9-24-13-14-25(19-28(24)30)36(21-31-33-17-18-35(31)2)32(37)29-20-27(29)23-7-4-3-5-8-23/h3-5,7-8,11-19,27,29-30,34H,6,9-10,20-21H2,1-2H3/t27-,29-,30+/m0/s1. The van der Waals surface area contributed by atoms with Crippen molar-refractivity contribution in [2.24, 2.45) is 13.0 Å². The molecule has 0 bridgehead atoms. The van der Waals surface area contributed by atoms with E-state index in [2.05, 4.69) is 27.9 Å². The first kappa shape index (κ1) is 26.5. The van der Waals surface area contributed by atoms with Crippen LogP contribution in [0.15, 0.2) is 90.1 Å². The first-order valence-electron chi connectivity index (χ1n) is 13.8. The average Bonchev–Trinajstić information content (AvgIpc) is 3.66. The fourth-order valence-corrected chi connectivity index (χ4v) is 7.02. The first-order valence-corrected chi connectivity index (χ1v) is 15.3. The molecule has 0 radical (unpaired) electrons. The molecular weight excluding hydrogens is 520 g/mol. The quantitative estimate of drug-likeness (QED) is 0.315. The summed E-state index contributed by atoms with van der Waals surface area (Å²) >= 11 is 0. The van der Waals surface area contributed by atoms with Crippen LogP contribution in [-0.2, 0) is 34.8 Å². The topological polar surface area (TPSA) is 84.3 Å². The summed E-state index contributed by atoms with van der Waals surface area (Å²) in [5.74, 6) is 0.989. The molecule has 3 aromatic carbocycles. The molecule has 1 heterocycles. The summed E-state index contributed by atoms with van der Waals surface area (Å²) in [5, 5.41) is 0. The normalized spacial score (nSPS) is 20.1. The number of benzene rings is 3. The third-order valence-electron chi connectivity index (χ3n) is 8.21. The van der Waals surface area contributed by atoms with E-state index in [0.29, 0.717) is 13.0 Å². The predicted octanol–water partition coefficient (Wildman–Crippen LogP) is 5.42. The summed E-state index contributed by atoms with van der Waals surface area (Å²) in [6.07, 6.45) is 6.92. The van der Waals surface area contributed by atoms with E-state index in [9.17, 15) is 13.2 Å². The molecule has 7 nitrogen and oxygen atoms in total. The second-order valence-electron chi connectivity index (χ2n) is 11.0. The van der Waals surface area contributed by atoms with Gasteiger partial charge in [-0.3, -0.25) is 4.79 Å². The molecule has 2 aliphatic carbocycles. The Hall–Kier alpha value is -3.75. The molecule has 1 amide bonds. The summed E-state index contributed by atoms with van der Waals surface area (Å²) < 4.78 is 31.4. The fourth-order valence-electron chi connectivity index (χ4n) is 5.77. The van der Waals surface area contributed by atoms with Crippen LogP contribution in [0.4, 0.5) is 5.69 Å². The molecule has 1 N–H and O–H groups in total. The van der Waals surface area contributed by atoms with Crippen molar-refractivity contribution in [1.29, 1.82) is 0 Å². The number of aromatic nitrogens is 2. The Kier molecular flexibility index (Phi) is 7.06. The molecule has 8 heteroatoms. The van der Waals surface area contributed by atoms with E-state index < -0.39 is 10.0 Å². The van der Waals surface area contributed by atoms with Gasteiger partial charge in [-0.05, 0) is 79.5 Å². The van der Waals surface area contributed by atoms with Crippen molar-refractivity contribution in [3.63, 3.8) is 0 Å². The largest absolute Gasteiger partial charge is 0.337 e. The SMILES string of the molecule is Cc1ccc(S(=O)(=O)N[C@@H]2CCCc3ccc(N(Cc4nccn4C)C(=O)[C@H]4C[C@H]4c4ccccc4)cc32)cc1. The van der Waals surface area contributed by atoms with Crippen molar-refractivity contribution in [1.82, 2.24) is 14.3 Å². The minimum absolute atomic E-state index is 0.0735. The van der Waals surface area contributed by atoms with Gasteiger partial charge >= 0.3 is 0 Å². The molecule has 0 unspecified atom stereocenters. The van der Waals surface area contributed by atoms with Crippen molar-refractivity contribution in [3.05, 3.63) is 113 Å². The highest BCUT2D eigenvalue weighted by atomic mass is 32.2. The number of anilines is 1. The van der Waals surface area contributed by atoms with E-state index in [-0.39, 0.29) is 28.7 Å². The van der Waals surface area contributed by atoms with Gasteiger partial charge in [0.2, 0.25) is 15.9 Å². The molecule has 1 aromatic heterocycles. The maximum Gasteiger partial charge on any atom is 0.241 e.